The maximum Gasteiger partial charge on any atom is 0.419 e. The molecule has 31 heavy (non-hydrogen) atoms. The van der Waals surface area contributed by atoms with E-state index in [0.717, 1.165) is 47.0 Å². The summed E-state index contributed by atoms with van der Waals surface area (Å²) in [7, 11) is 1.38. The van der Waals surface area contributed by atoms with Gasteiger partial charge in [0.25, 0.3) is 0 Å². The first-order valence-electron chi connectivity index (χ1n) is 10.5. The maximum absolute atomic E-state index is 12.7. The zero-order chi connectivity index (χ0) is 22.6. The topological polar surface area (TPSA) is 60.8 Å². The molecule has 164 valence electrons. The predicted octanol–water partition coefficient (Wildman–Crippen LogP) is 5.19. The lowest BCUT2D eigenvalue weighted by atomic mass is 10.0. The molecule has 0 N–H and O–H groups in total. The maximum atomic E-state index is 12.7. The minimum Gasteiger partial charge on any atom is -0.466 e. The summed E-state index contributed by atoms with van der Waals surface area (Å²) < 4.78 is 11.9. The summed E-state index contributed by atoms with van der Waals surface area (Å²) in [5.41, 5.74) is 3.31. The number of ether oxygens (including phenoxy) is 2. The second kappa shape index (κ2) is 9.25. The molecule has 0 atom stereocenters. The fourth-order valence-electron chi connectivity index (χ4n) is 3.52. The van der Waals surface area contributed by atoms with Crippen LogP contribution >= 0.6 is 0 Å². The van der Waals surface area contributed by atoms with Gasteiger partial charge in [0.2, 0.25) is 0 Å². The van der Waals surface area contributed by atoms with Gasteiger partial charge in [0.15, 0.2) is 0 Å². The Labute approximate surface area is 183 Å². The van der Waals surface area contributed by atoms with E-state index in [9.17, 15) is 9.59 Å². The normalized spacial score (nSPS) is 15.3. The summed E-state index contributed by atoms with van der Waals surface area (Å²) in [4.78, 5) is 26.4. The lowest BCUT2D eigenvalue weighted by Gasteiger charge is -2.22. The molecule has 1 aliphatic heterocycles. The standard InChI is InChI=1S/C25H30N2O4/c1-6-18-16-26(13-11-19(18)15-23(28)30-5)14-12-20-17-27(24(29)31-25(2,3)4)22-10-8-7-9-21(20)22/h7-11,13,15-17H,6,12,14H2,1-5H3/b19-15+. The number of nitrogens with zero attached hydrogens (tertiary/aromatic N) is 2. The van der Waals surface area contributed by atoms with Crippen molar-refractivity contribution in [3.05, 3.63) is 71.7 Å². The van der Waals surface area contributed by atoms with Crippen LogP contribution in [0.2, 0.25) is 0 Å². The Bertz CT molecular complexity index is 1070. The van der Waals surface area contributed by atoms with Crippen LogP contribution in [-0.2, 0) is 20.7 Å². The zero-order valence-corrected chi connectivity index (χ0v) is 18.8. The van der Waals surface area contributed by atoms with Crippen LogP contribution in [0.1, 0.15) is 39.7 Å². The summed E-state index contributed by atoms with van der Waals surface area (Å²) in [6.45, 7) is 8.39. The summed E-state index contributed by atoms with van der Waals surface area (Å²) in [6.07, 6.45) is 10.5. The van der Waals surface area contributed by atoms with Crippen molar-refractivity contribution in [3.63, 3.8) is 0 Å². The minimum absolute atomic E-state index is 0.359. The third-order valence-electron chi connectivity index (χ3n) is 5.02. The van der Waals surface area contributed by atoms with Gasteiger partial charge in [0, 0.05) is 36.6 Å². The van der Waals surface area contributed by atoms with E-state index in [0.29, 0.717) is 0 Å². The largest absolute Gasteiger partial charge is 0.466 e. The highest BCUT2D eigenvalue weighted by atomic mass is 16.6. The first-order valence-corrected chi connectivity index (χ1v) is 10.5. The molecule has 0 amide bonds. The van der Waals surface area contributed by atoms with Crippen LogP contribution in [0.25, 0.3) is 10.9 Å². The smallest absolute Gasteiger partial charge is 0.419 e. The number of carbonyl (C=O) groups excluding carboxylic acids is 2. The van der Waals surface area contributed by atoms with Gasteiger partial charge >= 0.3 is 12.1 Å². The Kier molecular flexibility index (Phi) is 6.68. The van der Waals surface area contributed by atoms with Gasteiger partial charge in [-0.25, -0.2) is 9.59 Å². The van der Waals surface area contributed by atoms with Crippen molar-refractivity contribution in [1.29, 1.82) is 0 Å². The molecule has 0 radical (unpaired) electrons. The van der Waals surface area contributed by atoms with Crippen LogP contribution < -0.4 is 0 Å². The quantitative estimate of drug-likeness (QED) is 0.490. The average Bonchev–Trinajstić information content (AvgIpc) is 3.10. The molecule has 1 aliphatic rings. The van der Waals surface area contributed by atoms with Crippen LogP contribution in [0.5, 0.6) is 0 Å². The fraction of sp³-hybridized carbons (Fsp3) is 0.360. The number of hydrogen-bond donors (Lipinski definition) is 0. The Balaban J connectivity index is 1.80. The monoisotopic (exact) mass is 422 g/mol. The van der Waals surface area contributed by atoms with Crippen molar-refractivity contribution >= 4 is 23.0 Å². The number of aromatic nitrogens is 1. The van der Waals surface area contributed by atoms with E-state index in [2.05, 4.69) is 18.0 Å². The molecule has 0 unspecified atom stereocenters. The number of fused-ring (bicyclic) bond motifs is 1. The third kappa shape index (κ3) is 5.45. The van der Waals surface area contributed by atoms with Gasteiger partial charge in [-0.2, -0.15) is 0 Å². The molecule has 1 aromatic heterocycles. The highest BCUT2D eigenvalue weighted by Gasteiger charge is 2.21. The van der Waals surface area contributed by atoms with E-state index in [4.69, 9.17) is 9.47 Å². The number of hydrogen-bond acceptors (Lipinski definition) is 5. The van der Waals surface area contributed by atoms with Gasteiger partial charge in [0.1, 0.15) is 5.60 Å². The van der Waals surface area contributed by atoms with Crippen molar-refractivity contribution in [2.45, 2.75) is 46.1 Å². The molecule has 6 heteroatoms. The lowest BCUT2D eigenvalue weighted by molar-refractivity contribution is -0.134. The highest BCUT2D eigenvalue weighted by Crippen LogP contribution is 2.25. The van der Waals surface area contributed by atoms with E-state index in [1.54, 1.807) is 4.57 Å². The SMILES string of the molecule is CCC1=CN(CCc2cn(C(=O)OC(C)(C)C)c3ccccc23)C=C/C1=C\C(=O)OC. The van der Waals surface area contributed by atoms with Crippen molar-refractivity contribution < 1.29 is 19.1 Å². The van der Waals surface area contributed by atoms with Crippen molar-refractivity contribution in [3.8, 4) is 0 Å². The Morgan fingerprint density at radius 1 is 1.16 bits per heavy atom. The van der Waals surface area contributed by atoms with Gasteiger partial charge in [-0.1, -0.05) is 25.1 Å². The Morgan fingerprint density at radius 2 is 1.90 bits per heavy atom. The number of carbonyl (C=O) groups is 2. The zero-order valence-electron chi connectivity index (χ0n) is 18.8. The number of benzene rings is 1. The molecule has 0 spiro atoms. The van der Waals surface area contributed by atoms with Gasteiger partial charge in [0.05, 0.1) is 12.6 Å². The minimum atomic E-state index is -0.558. The van der Waals surface area contributed by atoms with Crippen LogP contribution in [0.15, 0.2) is 66.2 Å². The van der Waals surface area contributed by atoms with E-state index in [-0.39, 0.29) is 12.1 Å². The second-order valence-electron chi connectivity index (χ2n) is 8.46. The van der Waals surface area contributed by atoms with E-state index >= 15 is 0 Å². The first kappa shape index (κ1) is 22.4. The highest BCUT2D eigenvalue weighted by molar-refractivity contribution is 5.92. The van der Waals surface area contributed by atoms with Crippen LogP contribution in [0, 0.1) is 0 Å². The second-order valence-corrected chi connectivity index (χ2v) is 8.46. The van der Waals surface area contributed by atoms with Crippen molar-refractivity contribution in [2.75, 3.05) is 13.7 Å². The molecule has 0 aliphatic carbocycles. The molecule has 1 aromatic carbocycles. The van der Waals surface area contributed by atoms with Crippen LogP contribution in [-0.4, -0.2) is 40.8 Å². The third-order valence-corrected chi connectivity index (χ3v) is 5.02. The predicted molar refractivity (Wildman–Crippen MR) is 122 cm³/mol. The Morgan fingerprint density at radius 3 is 2.58 bits per heavy atom. The molecule has 2 aromatic rings. The number of methoxy groups -OCH3 is 1. The molecule has 0 fully saturated rings. The van der Waals surface area contributed by atoms with Gasteiger partial charge in [-0.05, 0) is 62.5 Å². The Hall–Kier alpha value is -3.28. The molecule has 3 rings (SSSR count). The molecule has 0 bridgehead atoms. The summed E-state index contributed by atoms with van der Waals surface area (Å²) in [5, 5.41) is 1.04. The molecular weight excluding hydrogens is 392 g/mol. The van der Waals surface area contributed by atoms with Crippen molar-refractivity contribution in [2.24, 2.45) is 0 Å². The van der Waals surface area contributed by atoms with E-state index < -0.39 is 5.60 Å². The first-order chi connectivity index (χ1) is 14.7. The number of rotatable bonds is 5. The fourth-order valence-corrected chi connectivity index (χ4v) is 3.52. The number of para-hydroxylation sites is 1. The van der Waals surface area contributed by atoms with Crippen LogP contribution in [0.3, 0.4) is 0 Å². The van der Waals surface area contributed by atoms with Crippen molar-refractivity contribution in [1.82, 2.24) is 9.47 Å². The van der Waals surface area contributed by atoms with E-state index in [1.807, 2.05) is 63.5 Å². The summed E-state index contributed by atoms with van der Waals surface area (Å²) >= 11 is 0. The molecule has 2 heterocycles. The van der Waals surface area contributed by atoms with Gasteiger partial charge in [-0.15, -0.1) is 0 Å². The van der Waals surface area contributed by atoms with Gasteiger partial charge in [-0.3, -0.25) is 4.57 Å². The number of esters is 1. The summed E-state index contributed by atoms with van der Waals surface area (Å²) in [5.74, 6) is -0.359. The average molecular weight is 423 g/mol. The molecule has 6 nitrogen and oxygen atoms in total. The summed E-state index contributed by atoms with van der Waals surface area (Å²) in [6, 6.07) is 7.86. The number of allylic oxidation sites excluding steroid dienone is 3. The van der Waals surface area contributed by atoms with Gasteiger partial charge < -0.3 is 14.4 Å². The van der Waals surface area contributed by atoms with Crippen LogP contribution in [0.4, 0.5) is 4.79 Å². The molecule has 0 saturated heterocycles. The van der Waals surface area contributed by atoms with E-state index in [1.165, 1.54) is 13.2 Å². The molecule has 0 saturated carbocycles. The molecular formula is C25H30N2O4. The lowest BCUT2D eigenvalue weighted by Crippen LogP contribution is -2.26.